The van der Waals surface area contributed by atoms with Crippen LogP contribution >= 0.6 is 11.3 Å². The van der Waals surface area contributed by atoms with Crippen LogP contribution in [0.5, 0.6) is 0 Å². The van der Waals surface area contributed by atoms with Crippen molar-refractivity contribution in [1.29, 1.82) is 0 Å². The number of aryl methyl sites for hydroxylation is 2. The van der Waals surface area contributed by atoms with Crippen LogP contribution in [-0.4, -0.2) is 34.0 Å². The average molecular weight is 282 g/mol. The molecule has 2 unspecified atom stereocenters. The van der Waals surface area contributed by atoms with Crippen LogP contribution in [0.2, 0.25) is 0 Å². The molecule has 106 valence electrons. The van der Waals surface area contributed by atoms with Crippen LogP contribution in [0, 0.1) is 19.3 Å². The zero-order valence-electron chi connectivity index (χ0n) is 12.1. The van der Waals surface area contributed by atoms with E-state index in [1.165, 1.54) is 4.88 Å². The highest BCUT2D eigenvalue weighted by molar-refractivity contribution is 7.11. The largest absolute Gasteiger partial charge is 0.481 e. The SMILES string of the molecule is CCC1(C(=O)O)CCN(C(C)c2nc(C)sc2C)C1. The summed E-state index contributed by atoms with van der Waals surface area (Å²) in [5, 5.41) is 10.5. The van der Waals surface area contributed by atoms with Crippen molar-refractivity contribution in [3.8, 4) is 0 Å². The lowest BCUT2D eigenvalue weighted by atomic mass is 9.84. The standard InChI is InChI=1S/C14H22N2O2S/c1-5-14(13(17)18)6-7-16(8-14)9(2)12-10(3)19-11(4)15-12/h9H,5-8H2,1-4H3,(H,17,18). The van der Waals surface area contributed by atoms with E-state index in [9.17, 15) is 9.90 Å². The number of likely N-dealkylation sites (tertiary alicyclic amines) is 1. The van der Waals surface area contributed by atoms with E-state index in [0.717, 1.165) is 23.7 Å². The summed E-state index contributed by atoms with van der Waals surface area (Å²) in [6.07, 6.45) is 1.44. The maximum absolute atomic E-state index is 11.5. The number of hydrogen-bond donors (Lipinski definition) is 1. The van der Waals surface area contributed by atoms with Crippen molar-refractivity contribution >= 4 is 17.3 Å². The first kappa shape index (κ1) is 14.5. The predicted molar refractivity (Wildman–Crippen MR) is 76.6 cm³/mol. The summed E-state index contributed by atoms with van der Waals surface area (Å²) in [4.78, 5) is 19.6. The number of hydrogen-bond acceptors (Lipinski definition) is 4. The van der Waals surface area contributed by atoms with Gasteiger partial charge in [-0.25, -0.2) is 4.98 Å². The van der Waals surface area contributed by atoms with Crippen LogP contribution < -0.4 is 0 Å². The summed E-state index contributed by atoms with van der Waals surface area (Å²) in [6.45, 7) is 9.70. The topological polar surface area (TPSA) is 53.4 Å². The fourth-order valence-corrected chi connectivity index (χ4v) is 3.86. The fraction of sp³-hybridized carbons (Fsp3) is 0.714. The van der Waals surface area contributed by atoms with Gasteiger partial charge in [0.1, 0.15) is 0 Å². The number of aromatic nitrogens is 1. The molecular formula is C14H22N2O2S. The molecule has 0 amide bonds. The summed E-state index contributed by atoms with van der Waals surface area (Å²) >= 11 is 1.71. The molecule has 1 aliphatic rings. The van der Waals surface area contributed by atoms with Gasteiger partial charge in [-0.15, -0.1) is 11.3 Å². The van der Waals surface area contributed by atoms with Crippen molar-refractivity contribution in [1.82, 2.24) is 9.88 Å². The second kappa shape index (κ2) is 5.21. The summed E-state index contributed by atoms with van der Waals surface area (Å²) < 4.78 is 0. The van der Waals surface area contributed by atoms with Crippen molar-refractivity contribution in [3.05, 3.63) is 15.6 Å². The molecule has 1 saturated heterocycles. The Kier molecular flexibility index (Phi) is 3.97. The van der Waals surface area contributed by atoms with E-state index in [0.29, 0.717) is 13.0 Å². The third-order valence-corrected chi connectivity index (χ3v) is 5.30. The van der Waals surface area contributed by atoms with Gasteiger partial charge < -0.3 is 5.11 Å². The summed E-state index contributed by atoms with van der Waals surface area (Å²) in [6, 6.07) is 0.206. The Morgan fingerprint density at radius 3 is 2.68 bits per heavy atom. The van der Waals surface area contributed by atoms with E-state index in [2.05, 4.69) is 23.7 Å². The van der Waals surface area contributed by atoms with Gasteiger partial charge in [-0.2, -0.15) is 0 Å². The molecule has 2 heterocycles. The number of nitrogens with zero attached hydrogens (tertiary/aromatic N) is 2. The number of carbonyl (C=O) groups is 1. The zero-order valence-corrected chi connectivity index (χ0v) is 12.9. The van der Waals surface area contributed by atoms with Crippen molar-refractivity contribution in [3.63, 3.8) is 0 Å². The molecule has 2 rings (SSSR count). The van der Waals surface area contributed by atoms with E-state index >= 15 is 0 Å². The van der Waals surface area contributed by atoms with E-state index in [-0.39, 0.29) is 6.04 Å². The Morgan fingerprint density at radius 2 is 2.26 bits per heavy atom. The first-order valence-electron chi connectivity index (χ1n) is 6.81. The van der Waals surface area contributed by atoms with Crippen LogP contribution in [0.15, 0.2) is 0 Å². The van der Waals surface area contributed by atoms with Crippen molar-refractivity contribution < 1.29 is 9.90 Å². The van der Waals surface area contributed by atoms with Crippen LogP contribution in [-0.2, 0) is 4.79 Å². The monoisotopic (exact) mass is 282 g/mol. The first-order valence-corrected chi connectivity index (χ1v) is 7.62. The van der Waals surface area contributed by atoms with Gasteiger partial charge in [0, 0.05) is 11.4 Å². The summed E-state index contributed by atoms with van der Waals surface area (Å²) in [5.74, 6) is -0.657. The van der Waals surface area contributed by atoms with Crippen molar-refractivity contribution in [2.75, 3.05) is 13.1 Å². The van der Waals surface area contributed by atoms with Gasteiger partial charge in [0.05, 0.1) is 22.2 Å². The van der Waals surface area contributed by atoms with Crippen LogP contribution in [0.3, 0.4) is 0 Å². The van der Waals surface area contributed by atoms with Crippen molar-refractivity contribution in [2.45, 2.75) is 46.6 Å². The lowest BCUT2D eigenvalue weighted by Gasteiger charge is -2.26. The lowest BCUT2D eigenvalue weighted by molar-refractivity contribution is -0.148. The minimum Gasteiger partial charge on any atom is -0.481 e. The molecule has 5 heteroatoms. The molecule has 1 aromatic heterocycles. The molecule has 1 aromatic rings. The number of aliphatic carboxylic acids is 1. The number of thiazole rings is 1. The fourth-order valence-electron chi connectivity index (χ4n) is 2.95. The van der Waals surface area contributed by atoms with Gasteiger partial charge in [-0.3, -0.25) is 9.69 Å². The Balaban J connectivity index is 2.17. The average Bonchev–Trinajstić information content (AvgIpc) is 2.93. The molecule has 1 aliphatic heterocycles. The lowest BCUT2D eigenvalue weighted by Crippen LogP contribution is -2.35. The predicted octanol–water partition coefficient (Wildman–Crippen LogP) is 3.01. The summed E-state index contributed by atoms with van der Waals surface area (Å²) in [5.41, 5.74) is 0.549. The van der Waals surface area contributed by atoms with Crippen molar-refractivity contribution in [2.24, 2.45) is 5.41 Å². The molecule has 0 radical (unpaired) electrons. The third-order valence-electron chi connectivity index (χ3n) is 4.40. The van der Waals surface area contributed by atoms with E-state index in [1.807, 2.05) is 13.8 Å². The minimum absolute atomic E-state index is 0.206. The van der Waals surface area contributed by atoms with Gasteiger partial charge in [0.15, 0.2) is 0 Å². The molecule has 2 atom stereocenters. The highest BCUT2D eigenvalue weighted by atomic mass is 32.1. The van der Waals surface area contributed by atoms with E-state index < -0.39 is 11.4 Å². The normalized spacial score (nSPS) is 25.7. The molecule has 0 spiro atoms. The first-order chi connectivity index (χ1) is 8.89. The van der Waals surface area contributed by atoms with Crippen LogP contribution in [0.4, 0.5) is 0 Å². The number of carboxylic acids is 1. The Labute approximate surface area is 118 Å². The second-order valence-corrected chi connectivity index (χ2v) is 6.92. The number of rotatable bonds is 4. The molecule has 4 nitrogen and oxygen atoms in total. The highest BCUT2D eigenvalue weighted by Gasteiger charge is 2.44. The molecule has 0 aliphatic carbocycles. The molecule has 1 N–H and O–H groups in total. The molecule has 0 bridgehead atoms. The van der Waals surface area contributed by atoms with Crippen LogP contribution in [0.25, 0.3) is 0 Å². The Bertz CT molecular complexity index is 486. The smallest absolute Gasteiger partial charge is 0.310 e. The van der Waals surface area contributed by atoms with Gasteiger partial charge in [-0.05, 0) is 40.2 Å². The van der Waals surface area contributed by atoms with Gasteiger partial charge in [-0.1, -0.05) is 6.92 Å². The van der Waals surface area contributed by atoms with E-state index in [4.69, 9.17) is 0 Å². The van der Waals surface area contributed by atoms with Crippen LogP contribution in [0.1, 0.15) is 48.3 Å². The quantitative estimate of drug-likeness (QED) is 0.922. The molecule has 0 aromatic carbocycles. The molecule has 19 heavy (non-hydrogen) atoms. The Hall–Kier alpha value is -0.940. The maximum atomic E-state index is 11.5. The van der Waals surface area contributed by atoms with Gasteiger partial charge in [0.2, 0.25) is 0 Å². The molecular weight excluding hydrogens is 260 g/mol. The van der Waals surface area contributed by atoms with E-state index in [1.54, 1.807) is 11.3 Å². The molecule has 0 saturated carbocycles. The maximum Gasteiger partial charge on any atom is 0.310 e. The third kappa shape index (κ3) is 2.54. The minimum atomic E-state index is -0.657. The number of carboxylic acid groups (broad SMARTS) is 1. The molecule has 1 fully saturated rings. The summed E-state index contributed by atoms with van der Waals surface area (Å²) in [7, 11) is 0. The Morgan fingerprint density at radius 1 is 1.58 bits per heavy atom. The highest BCUT2D eigenvalue weighted by Crippen LogP contribution is 2.39. The van der Waals surface area contributed by atoms with Gasteiger partial charge >= 0.3 is 5.97 Å². The zero-order chi connectivity index (χ0) is 14.2. The van der Waals surface area contributed by atoms with Gasteiger partial charge in [0.25, 0.3) is 0 Å². The second-order valence-electron chi connectivity index (χ2n) is 5.51.